The van der Waals surface area contributed by atoms with Gasteiger partial charge < -0.3 is 10.0 Å². The first-order chi connectivity index (χ1) is 14.0. The summed E-state index contributed by atoms with van der Waals surface area (Å²) in [7, 11) is 0. The molecule has 2 fully saturated rings. The third-order valence-corrected chi connectivity index (χ3v) is 6.81. The van der Waals surface area contributed by atoms with E-state index in [0.29, 0.717) is 31.5 Å². The molecule has 0 aromatic heterocycles. The molecule has 0 atom stereocenters. The molecule has 4 nitrogen and oxygen atoms in total. The highest BCUT2D eigenvalue weighted by molar-refractivity contribution is 5.95. The molecule has 2 aromatic rings. The van der Waals surface area contributed by atoms with E-state index in [1.165, 1.54) is 12.1 Å². The Balaban J connectivity index is 1.44. The van der Waals surface area contributed by atoms with Crippen molar-refractivity contribution in [1.29, 1.82) is 0 Å². The van der Waals surface area contributed by atoms with Crippen molar-refractivity contribution in [1.82, 2.24) is 4.90 Å². The van der Waals surface area contributed by atoms with Gasteiger partial charge in [0.25, 0.3) is 5.91 Å². The molecule has 2 aliphatic rings. The number of halogens is 1. The first-order valence-corrected chi connectivity index (χ1v) is 10.4. The van der Waals surface area contributed by atoms with Crippen molar-refractivity contribution in [3.05, 3.63) is 59.9 Å². The minimum atomic E-state index is -0.694. The number of rotatable bonds is 4. The van der Waals surface area contributed by atoms with Gasteiger partial charge in [-0.25, -0.2) is 4.39 Å². The average Bonchev–Trinajstić information content (AvgIpc) is 3.29. The maximum Gasteiger partial charge on any atom is 0.310 e. The molecule has 1 N–H and O–H groups in total. The van der Waals surface area contributed by atoms with E-state index in [1.807, 2.05) is 12.1 Å². The Kier molecular flexibility index (Phi) is 5.39. The van der Waals surface area contributed by atoms with E-state index in [1.54, 1.807) is 29.2 Å². The van der Waals surface area contributed by atoms with E-state index in [0.717, 1.165) is 36.8 Å². The zero-order chi connectivity index (χ0) is 20.4. The van der Waals surface area contributed by atoms with Crippen LogP contribution in [-0.2, 0) is 4.79 Å². The summed E-state index contributed by atoms with van der Waals surface area (Å²) in [6, 6.07) is 13.6. The molecule has 1 saturated heterocycles. The van der Waals surface area contributed by atoms with E-state index < -0.39 is 11.4 Å². The van der Waals surface area contributed by atoms with Crippen LogP contribution in [0.5, 0.6) is 0 Å². The lowest BCUT2D eigenvalue weighted by Gasteiger charge is -2.42. The molecule has 1 saturated carbocycles. The van der Waals surface area contributed by atoms with Gasteiger partial charge in [0.15, 0.2) is 0 Å². The highest BCUT2D eigenvalue weighted by Gasteiger charge is 2.48. The Morgan fingerprint density at radius 1 is 0.897 bits per heavy atom. The van der Waals surface area contributed by atoms with Crippen LogP contribution in [0.3, 0.4) is 0 Å². The Morgan fingerprint density at radius 2 is 1.41 bits per heavy atom. The van der Waals surface area contributed by atoms with Crippen molar-refractivity contribution in [3.8, 4) is 11.1 Å². The van der Waals surface area contributed by atoms with Gasteiger partial charge in [-0.1, -0.05) is 37.1 Å². The molecular weight excluding hydrogens is 369 g/mol. The van der Waals surface area contributed by atoms with Crippen molar-refractivity contribution in [3.63, 3.8) is 0 Å². The molecule has 2 aromatic carbocycles. The van der Waals surface area contributed by atoms with E-state index in [9.17, 15) is 19.1 Å². The van der Waals surface area contributed by atoms with Crippen LogP contribution in [0.25, 0.3) is 11.1 Å². The van der Waals surface area contributed by atoms with Crippen LogP contribution in [0.2, 0.25) is 0 Å². The summed E-state index contributed by atoms with van der Waals surface area (Å²) >= 11 is 0. The highest BCUT2D eigenvalue weighted by atomic mass is 19.1. The summed E-state index contributed by atoms with van der Waals surface area (Å²) in [6.45, 7) is 0.975. The number of aliphatic carboxylic acids is 1. The quantitative estimate of drug-likeness (QED) is 0.793. The summed E-state index contributed by atoms with van der Waals surface area (Å²) < 4.78 is 13.1. The molecule has 0 radical (unpaired) electrons. The number of hydrogen-bond acceptors (Lipinski definition) is 2. The summed E-state index contributed by atoms with van der Waals surface area (Å²) in [5, 5.41) is 9.92. The van der Waals surface area contributed by atoms with Crippen molar-refractivity contribution in [2.24, 2.45) is 11.3 Å². The van der Waals surface area contributed by atoms with Crippen LogP contribution in [0, 0.1) is 17.2 Å². The molecular formula is C24H26FNO3. The largest absolute Gasteiger partial charge is 0.481 e. The number of hydrogen-bond donors (Lipinski definition) is 1. The smallest absolute Gasteiger partial charge is 0.310 e. The van der Waals surface area contributed by atoms with Crippen molar-refractivity contribution in [2.75, 3.05) is 13.1 Å². The molecule has 29 heavy (non-hydrogen) atoms. The Hall–Kier alpha value is -2.69. The average molecular weight is 395 g/mol. The lowest BCUT2D eigenvalue weighted by molar-refractivity contribution is -0.156. The summed E-state index contributed by atoms with van der Waals surface area (Å²) in [5.74, 6) is -0.783. The number of carbonyl (C=O) groups excluding carboxylic acids is 1. The lowest BCUT2D eigenvalue weighted by atomic mass is 9.68. The predicted molar refractivity (Wildman–Crippen MR) is 109 cm³/mol. The van der Waals surface area contributed by atoms with Gasteiger partial charge in [0.1, 0.15) is 5.82 Å². The van der Waals surface area contributed by atoms with Gasteiger partial charge in [0.05, 0.1) is 5.41 Å². The predicted octanol–water partition coefficient (Wildman–Crippen LogP) is 4.99. The Morgan fingerprint density at radius 3 is 1.93 bits per heavy atom. The Labute approximate surface area is 170 Å². The highest BCUT2D eigenvalue weighted by Crippen LogP contribution is 2.47. The summed E-state index contributed by atoms with van der Waals surface area (Å²) in [5.41, 5.74) is 1.75. The second kappa shape index (κ2) is 7.97. The number of likely N-dealkylation sites (tertiary alicyclic amines) is 1. The van der Waals surface area contributed by atoms with Gasteiger partial charge in [-0.3, -0.25) is 9.59 Å². The van der Waals surface area contributed by atoms with Crippen molar-refractivity contribution < 1.29 is 19.1 Å². The normalized spacial score (nSPS) is 19.3. The molecule has 0 unspecified atom stereocenters. The topological polar surface area (TPSA) is 57.6 Å². The monoisotopic (exact) mass is 395 g/mol. The number of amides is 1. The molecule has 1 aliphatic heterocycles. The maximum absolute atomic E-state index is 13.1. The van der Waals surface area contributed by atoms with Crippen LogP contribution in [0.15, 0.2) is 48.5 Å². The van der Waals surface area contributed by atoms with E-state index in [-0.39, 0.29) is 17.6 Å². The second-order valence-electron chi connectivity index (χ2n) is 8.32. The van der Waals surface area contributed by atoms with Crippen LogP contribution < -0.4 is 0 Å². The molecule has 1 heterocycles. The number of carbonyl (C=O) groups is 2. The van der Waals surface area contributed by atoms with Crippen LogP contribution in [0.4, 0.5) is 4.39 Å². The molecule has 4 rings (SSSR count). The molecule has 5 heteroatoms. The third-order valence-electron chi connectivity index (χ3n) is 6.81. The fraction of sp³-hybridized carbons (Fsp3) is 0.417. The minimum Gasteiger partial charge on any atom is -0.481 e. The van der Waals surface area contributed by atoms with E-state index in [4.69, 9.17) is 0 Å². The number of piperidine rings is 1. The van der Waals surface area contributed by atoms with Crippen LogP contribution >= 0.6 is 0 Å². The number of carboxylic acids is 1. The maximum atomic E-state index is 13.1. The molecule has 152 valence electrons. The van der Waals surface area contributed by atoms with E-state index in [2.05, 4.69) is 0 Å². The zero-order valence-electron chi connectivity index (χ0n) is 16.4. The zero-order valence-corrected chi connectivity index (χ0v) is 16.4. The molecule has 1 aliphatic carbocycles. The fourth-order valence-corrected chi connectivity index (χ4v) is 5.01. The Bertz CT molecular complexity index is 877. The van der Waals surface area contributed by atoms with Crippen LogP contribution in [0.1, 0.15) is 48.9 Å². The van der Waals surface area contributed by atoms with Crippen molar-refractivity contribution in [2.45, 2.75) is 38.5 Å². The lowest BCUT2D eigenvalue weighted by Crippen LogP contribution is -2.49. The first-order valence-electron chi connectivity index (χ1n) is 10.4. The van der Waals surface area contributed by atoms with Crippen LogP contribution in [-0.4, -0.2) is 35.0 Å². The van der Waals surface area contributed by atoms with Gasteiger partial charge >= 0.3 is 5.97 Å². The number of nitrogens with zero attached hydrogens (tertiary/aromatic N) is 1. The summed E-state index contributed by atoms with van der Waals surface area (Å²) in [4.78, 5) is 26.8. The second-order valence-corrected chi connectivity index (χ2v) is 8.32. The van der Waals surface area contributed by atoms with Crippen molar-refractivity contribution >= 4 is 11.9 Å². The molecule has 0 spiro atoms. The van der Waals surface area contributed by atoms with E-state index >= 15 is 0 Å². The first kappa shape index (κ1) is 19.6. The third kappa shape index (κ3) is 3.78. The molecule has 0 bridgehead atoms. The standard InChI is InChI=1S/C24H26FNO3/c25-21-11-9-18(10-12-21)17-5-7-19(8-6-17)22(27)26-15-13-24(14-16-26,23(28)29)20-3-1-2-4-20/h5-12,20H,1-4,13-16H2,(H,28,29). The van der Waals surface area contributed by atoms with Gasteiger partial charge in [-0.2, -0.15) is 0 Å². The summed E-state index contributed by atoms with van der Waals surface area (Å²) in [6.07, 6.45) is 5.28. The fourth-order valence-electron chi connectivity index (χ4n) is 5.01. The van der Waals surface area contributed by atoms with Gasteiger partial charge in [0.2, 0.25) is 0 Å². The van der Waals surface area contributed by atoms with Gasteiger partial charge in [-0.15, -0.1) is 0 Å². The molecule has 1 amide bonds. The number of carboxylic acid groups (broad SMARTS) is 1. The van der Waals surface area contributed by atoms with Gasteiger partial charge in [-0.05, 0) is 67.0 Å². The number of benzene rings is 2. The SMILES string of the molecule is O=C(c1ccc(-c2ccc(F)cc2)cc1)N1CCC(C(=O)O)(C2CCCC2)CC1. The minimum absolute atomic E-state index is 0.0546. The van der Waals surface area contributed by atoms with Gasteiger partial charge in [0, 0.05) is 18.7 Å².